The van der Waals surface area contributed by atoms with Crippen LogP contribution in [0.15, 0.2) is 26.6 Å². The van der Waals surface area contributed by atoms with Gasteiger partial charge in [-0.15, -0.1) is 11.3 Å². The largest absolute Gasteiger partial charge is 0.444 e. The topological polar surface area (TPSA) is 38.1 Å². The molecule has 2 aromatic heterocycles. The molecular weight excluding hydrogens is 264 g/mol. The summed E-state index contributed by atoms with van der Waals surface area (Å²) in [7, 11) is 1.89. The molecular formula is C9H9BrN2OS. The van der Waals surface area contributed by atoms with E-state index < -0.39 is 0 Å². The first-order valence-corrected chi connectivity index (χ1v) is 5.75. The fourth-order valence-electron chi connectivity index (χ4n) is 1.11. The Balaban J connectivity index is 2.24. The fourth-order valence-corrected chi connectivity index (χ4v) is 2.43. The highest BCUT2D eigenvalue weighted by Crippen LogP contribution is 2.30. The third-order valence-electron chi connectivity index (χ3n) is 1.69. The molecule has 3 nitrogen and oxygen atoms in total. The molecule has 0 saturated heterocycles. The molecule has 0 unspecified atom stereocenters. The molecule has 0 fully saturated rings. The lowest BCUT2D eigenvalue weighted by Crippen LogP contribution is -2.04. The molecule has 0 amide bonds. The standard InChI is InChI=1S/C9H9BrN2OS/c1-11-4-6-5-13-9(12-6)7-2-3-8(10)14-7/h2-3,5,11H,4H2,1H3. The summed E-state index contributed by atoms with van der Waals surface area (Å²) in [6.45, 7) is 0.732. The van der Waals surface area contributed by atoms with Crippen LogP contribution in [0.2, 0.25) is 0 Å². The molecule has 74 valence electrons. The van der Waals surface area contributed by atoms with E-state index in [0.717, 1.165) is 20.9 Å². The first-order valence-electron chi connectivity index (χ1n) is 4.14. The van der Waals surface area contributed by atoms with Gasteiger partial charge in [-0.1, -0.05) is 0 Å². The lowest BCUT2D eigenvalue weighted by atomic mass is 10.4. The van der Waals surface area contributed by atoms with Crippen molar-refractivity contribution in [2.75, 3.05) is 7.05 Å². The van der Waals surface area contributed by atoms with Crippen LogP contribution in [0.4, 0.5) is 0 Å². The van der Waals surface area contributed by atoms with E-state index in [1.807, 2.05) is 19.2 Å². The second kappa shape index (κ2) is 4.25. The minimum Gasteiger partial charge on any atom is -0.444 e. The van der Waals surface area contributed by atoms with Gasteiger partial charge in [0.2, 0.25) is 5.89 Å². The molecule has 2 aromatic rings. The summed E-state index contributed by atoms with van der Waals surface area (Å²) in [4.78, 5) is 5.38. The molecule has 0 spiro atoms. The van der Waals surface area contributed by atoms with Crippen molar-refractivity contribution in [3.63, 3.8) is 0 Å². The number of thiophene rings is 1. The number of nitrogens with one attached hydrogen (secondary N) is 1. The van der Waals surface area contributed by atoms with Crippen molar-refractivity contribution in [2.24, 2.45) is 0 Å². The van der Waals surface area contributed by atoms with E-state index in [2.05, 4.69) is 26.2 Å². The summed E-state index contributed by atoms with van der Waals surface area (Å²) in [6, 6.07) is 3.98. The van der Waals surface area contributed by atoms with Gasteiger partial charge in [0.05, 0.1) is 14.4 Å². The zero-order valence-electron chi connectivity index (χ0n) is 7.58. The van der Waals surface area contributed by atoms with E-state index in [0.29, 0.717) is 5.89 Å². The Labute approximate surface area is 94.3 Å². The highest BCUT2D eigenvalue weighted by Gasteiger charge is 2.08. The maximum absolute atomic E-state index is 5.36. The number of oxazole rings is 1. The second-order valence-electron chi connectivity index (χ2n) is 2.78. The highest BCUT2D eigenvalue weighted by molar-refractivity contribution is 9.11. The molecule has 0 saturated carbocycles. The van der Waals surface area contributed by atoms with Gasteiger partial charge < -0.3 is 9.73 Å². The van der Waals surface area contributed by atoms with Gasteiger partial charge in [-0.3, -0.25) is 0 Å². The molecule has 0 aromatic carbocycles. The van der Waals surface area contributed by atoms with Crippen LogP contribution in [0.25, 0.3) is 10.8 Å². The van der Waals surface area contributed by atoms with Gasteiger partial charge in [0.25, 0.3) is 0 Å². The normalized spacial score (nSPS) is 10.7. The second-order valence-corrected chi connectivity index (χ2v) is 5.24. The van der Waals surface area contributed by atoms with Crippen LogP contribution in [0, 0.1) is 0 Å². The van der Waals surface area contributed by atoms with Crippen molar-refractivity contribution in [1.82, 2.24) is 10.3 Å². The lowest BCUT2D eigenvalue weighted by molar-refractivity contribution is 0.573. The van der Waals surface area contributed by atoms with Crippen LogP contribution >= 0.6 is 27.3 Å². The van der Waals surface area contributed by atoms with Crippen LogP contribution in [-0.2, 0) is 6.54 Å². The first-order chi connectivity index (χ1) is 6.79. The maximum atomic E-state index is 5.36. The summed E-state index contributed by atoms with van der Waals surface area (Å²) in [5, 5.41) is 3.03. The van der Waals surface area contributed by atoms with E-state index in [1.54, 1.807) is 17.6 Å². The average Bonchev–Trinajstić information content (AvgIpc) is 2.74. The monoisotopic (exact) mass is 272 g/mol. The molecule has 0 radical (unpaired) electrons. The molecule has 0 aliphatic carbocycles. The Hall–Kier alpha value is -0.650. The lowest BCUT2D eigenvalue weighted by Gasteiger charge is -1.89. The average molecular weight is 273 g/mol. The van der Waals surface area contributed by atoms with Crippen LogP contribution < -0.4 is 5.32 Å². The van der Waals surface area contributed by atoms with Crippen molar-refractivity contribution in [1.29, 1.82) is 0 Å². The van der Waals surface area contributed by atoms with Crippen LogP contribution in [0.5, 0.6) is 0 Å². The number of halogens is 1. The third-order valence-corrected chi connectivity index (χ3v) is 3.31. The number of hydrogen-bond donors (Lipinski definition) is 1. The number of nitrogens with zero attached hydrogens (tertiary/aromatic N) is 1. The molecule has 0 aliphatic rings. The Morgan fingerprint density at radius 1 is 1.57 bits per heavy atom. The van der Waals surface area contributed by atoms with E-state index >= 15 is 0 Å². The zero-order valence-corrected chi connectivity index (χ0v) is 9.98. The number of hydrogen-bond acceptors (Lipinski definition) is 4. The molecule has 5 heteroatoms. The highest BCUT2D eigenvalue weighted by atomic mass is 79.9. The molecule has 2 rings (SSSR count). The van der Waals surface area contributed by atoms with E-state index in [-0.39, 0.29) is 0 Å². The minimum atomic E-state index is 0.686. The van der Waals surface area contributed by atoms with Crippen molar-refractivity contribution < 1.29 is 4.42 Å². The quantitative estimate of drug-likeness (QED) is 0.934. The summed E-state index contributed by atoms with van der Waals surface area (Å²) < 4.78 is 6.44. The summed E-state index contributed by atoms with van der Waals surface area (Å²) >= 11 is 5.02. The van der Waals surface area contributed by atoms with Gasteiger partial charge in [-0.05, 0) is 35.1 Å². The molecule has 2 heterocycles. The van der Waals surface area contributed by atoms with Crippen LogP contribution in [0.1, 0.15) is 5.69 Å². The summed E-state index contributed by atoms with van der Waals surface area (Å²) in [5.74, 6) is 0.686. The van der Waals surface area contributed by atoms with Gasteiger partial charge >= 0.3 is 0 Å². The fraction of sp³-hybridized carbons (Fsp3) is 0.222. The Kier molecular flexibility index (Phi) is 3.00. The van der Waals surface area contributed by atoms with Gasteiger partial charge in [0, 0.05) is 6.54 Å². The van der Waals surface area contributed by atoms with Crippen molar-refractivity contribution >= 4 is 27.3 Å². The van der Waals surface area contributed by atoms with Gasteiger partial charge in [0.1, 0.15) is 6.26 Å². The predicted octanol–water partition coefficient (Wildman–Crippen LogP) is 2.89. The maximum Gasteiger partial charge on any atom is 0.236 e. The van der Waals surface area contributed by atoms with Gasteiger partial charge in [-0.25, -0.2) is 4.98 Å². The van der Waals surface area contributed by atoms with E-state index in [1.165, 1.54) is 0 Å². The van der Waals surface area contributed by atoms with Gasteiger partial charge in [-0.2, -0.15) is 0 Å². The third kappa shape index (κ3) is 2.05. The van der Waals surface area contributed by atoms with Gasteiger partial charge in [0.15, 0.2) is 0 Å². The van der Waals surface area contributed by atoms with E-state index in [9.17, 15) is 0 Å². The van der Waals surface area contributed by atoms with Crippen LogP contribution in [0.3, 0.4) is 0 Å². The van der Waals surface area contributed by atoms with E-state index in [4.69, 9.17) is 4.42 Å². The smallest absolute Gasteiger partial charge is 0.236 e. The predicted molar refractivity (Wildman–Crippen MR) is 60.3 cm³/mol. The summed E-state index contributed by atoms with van der Waals surface area (Å²) in [5.41, 5.74) is 0.923. The Morgan fingerprint density at radius 3 is 3.07 bits per heavy atom. The molecule has 0 bridgehead atoms. The molecule has 0 aliphatic heterocycles. The van der Waals surface area contributed by atoms with Crippen molar-refractivity contribution in [3.05, 3.63) is 27.9 Å². The number of aromatic nitrogens is 1. The Morgan fingerprint density at radius 2 is 2.43 bits per heavy atom. The molecule has 14 heavy (non-hydrogen) atoms. The Bertz CT molecular complexity index is 424. The molecule has 0 atom stereocenters. The van der Waals surface area contributed by atoms with Crippen LogP contribution in [-0.4, -0.2) is 12.0 Å². The molecule has 1 N–H and O–H groups in total. The van der Waals surface area contributed by atoms with Crippen molar-refractivity contribution in [3.8, 4) is 10.8 Å². The summed E-state index contributed by atoms with van der Waals surface area (Å²) in [6.07, 6.45) is 1.68. The zero-order chi connectivity index (χ0) is 9.97. The minimum absolute atomic E-state index is 0.686. The first kappa shape index (κ1) is 9.89. The SMILES string of the molecule is CNCc1coc(-c2ccc(Br)s2)n1. The number of rotatable bonds is 3. The van der Waals surface area contributed by atoms with Crippen molar-refractivity contribution in [2.45, 2.75) is 6.54 Å².